The Kier molecular flexibility index (Phi) is 2.60. The first-order chi connectivity index (χ1) is 8.98. The van der Waals surface area contributed by atoms with Gasteiger partial charge in [0.2, 0.25) is 5.91 Å². The largest absolute Gasteiger partial charge is 0.386 e. The number of aliphatic hydroxyl groups is 1. The van der Waals surface area contributed by atoms with Crippen LogP contribution in [0, 0.1) is 5.92 Å². The van der Waals surface area contributed by atoms with Gasteiger partial charge in [0.05, 0.1) is 13.1 Å². The van der Waals surface area contributed by atoms with Crippen LogP contribution in [0.25, 0.3) is 0 Å². The summed E-state index contributed by atoms with van der Waals surface area (Å²) in [6, 6.07) is 1.20. The van der Waals surface area contributed by atoms with Crippen molar-refractivity contribution >= 4 is 5.91 Å². The Morgan fingerprint density at radius 1 is 1.42 bits per heavy atom. The van der Waals surface area contributed by atoms with Crippen LogP contribution in [-0.4, -0.2) is 44.2 Å². The van der Waals surface area contributed by atoms with E-state index >= 15 is 0 Å². The molecule has 0 bridgehead atoms. The van der Waals surface area contributed by atoms with Gasteiger partial charge in [-0.25, -0.2) is 4.79 Å². The molecule has 2 aliphatic rings. The van der Waals surface area contributed by atoms with Crippen molar-refractivity contribution in [3.05, 3.63) is 33.1 Å². The summed E-state index contributed by atoms with van der Waals surface area (Å²) < 4.78 is 1.15. The molecule has 7 nitrogen and oxygen atoms in total. The molecule has 0 spiro atoms. The molecule has 1 aromatic heterocycles. The number of aromatic amines is 1. The molecule has 0 aromatic carbocycles. The first-order valence-corrected chi connectivity index (χ1v) is 6.28. The summed E-state index contributed by atoms with van der Waals surface area (Å²) >= 11 is 0. The van der Waals surface area contributed by atoms with Crippen molar-refractivity contribution in [3.63, 3.8) is 0 Å². The smallest absolute Gasteiger partial charge is 0.328 e. The first kappa shape index (κ1) is 12.2. The van der Waals surface area contributed by atoms with Crippen molar-refractivity contribution in [2.45, 2.75) is 25.0 Å². The summed E-state index contributed by atoms with van der Waals surface area (Å²) in [4.78, 5) is 37.9. The Bertz CT molecular complexity index is 622. The molecule has 19 heavy (non-hydrogen) atoms. The number of hydrogen-bond donors (Lipinski definition) is 2. The molecule has 1 aromatic rings. The van der Waals surface area contributed by atoms with Gasteiger partial charge in [-0.1, -0.05) is 0 Å². The van der Waals surface area contributed by atoms with Crippen LogP contribution in [-0.2, 0) is 11.3 Å². The molecule has 1 aliphatic carbocycles. The molecule has 1 saturated carbocycles. The molecule has 0 unspecified atom stereocenters. The molecule has 2 fully saturated rings. The number of aromatic nitrogens is 2. The lowest BCUT2D eigenvalue weighted by Crippen LogP contribution is -2.65. The van der Waals surface area contributed by atoms with Gasteiger partial charge in [0.15, 0.2) is 0 Å². The van der Waals surface area contributed by atoms with E-state index in [2.05, 4.69) is 4.98 Å². The van der Waals surface area contributed by atoms with Crippen LogP contribution in [0.1, 0.15) is 12.8 Å². The van der Waals surface area contributed by atoms with Gasteiger partial charge in [-0.3, -0.25) is 19.1 Å². The Morgan fingerprint density at radius 2 is 2.11 bits per heavy atom. The molecular formula is C12H15N3O4. The number of hydrogen-bond acceptors (Lipinski definition) is 4. The standard InChI is InChI=1S/C12H15N3O4/c16-9-3-4-14(11(18)13-9)5-10(17)15-6-12(19,7-15)8-1-2-8/h3-4,8,19H,1-2,5-7H2,(H,13,16,18). The van der Waals surface area contributed by atoms with Crippen LogP contribution >= 0.6 is 0 Å². The zero-order valence-corrected chi connectivity index (χ0v) is 10.3. The van der Waals surface area contributed by atoms with Gasteiger partial charge in [0, 0.05) is 12.3 Å². The minimum absolute atomic E-state index is 0.115. The van der Waals surface area contributed by atoms with Crippen LogP contribution in [0.15, 0.2) is 21.9 Å². The van der Waals surface area contributed by atoms with Crippen LogP contribution < -0.4 is 11.2 Å². The summed E-state index contributed by atoms with van der Waals surface area (Å²) in [5.41, 5.74) is -1.80. The molecule has 2 heterocycles. The van der Waals surface area contributed by atoms with E-state index in [0.717, 1.165) is 17.4 Å². The van der Waals surface area contributed by atoms with Crippen molar-refractivity contribution in [2.24, 2.45) is 5.92 Å². The SMILES string of the molecule is O=C(Cn1ccc(=O)[nH]c1=O)N1CC(O)(C2CC2)C1. The molecule has 2 N–H and O–H groups in total. The fourth-order valence-electron chi connectivity index (χ4n) is 2.48. The number of H-pyrrole nitrogens is 1. The molecular weight excluding hydrogens is 250 g/mol. The van der Waals surface area contributed by atoms with Crippen molar-refractivity contribution in [1.82, 2.24) is 14.5 Å². The second-order valence-corrected chi connectivity index (χ2v) is 5.37. The molecule has 1 aliphatic heterocycles. The van der Waals surface area contributed by atoms with Gasteiger partial charge in [0.1, 0.15) is 12.1 Å². The minimum atomic E-state index is -0.717. The molecule has 7 heteroatoms. The van der Waals surface area contributed by atoms with Gasteiger partial charge in [0.25, 0.3) is 5.56 Å². The van der Waals surface area contributed by atoms with E-state index < -0.39 is 16.9 Å². The third kappa shape index (κ3) is 2.21. The number of β-amino-alcohol motifs (C(OH)–C–C–N with tert-alkyl or cyclic N) is 1. The highest BCUT2D eigenvalue weighted by Gasteiger charge is 2.53. The van der Waals surface area contributed by atoms with E-state index in [1.165, 1.54) is 17.2 Å². The van der Waals surface area contributed by atoms with Gasteiger partial charge in [-0.15, -0.1) is 0 Å². The molecule has 102 valence electrons. The fourth-order valence-corrected chi connectivity index (χ4v) is 2.48. The minimum Gasteiger partial charge on any atom is -0.386 e. The van der Waals surface area contributed by atoms with E-state index in [9.17, 15) is 19.5 Å². The van der Waals surface area contributed by atoms with E-state index in [1.807, 2.05) is 0 Å². The lowest BCUT2D eigenvalue weighted by atomic mass is 9.89. The topological polar surface area (TPSA) is 95.4 Å². The van der Waals surface area contributed by atoms with Gasteiger partial charge in [-0.2, -0.15) is 0 Å². The van der Waals surface area contributed by atoms with Crippen LogP contribution in [0.3, 0.4) is 0 Å². The highest BCUT2D eigenvalue weighted by Crippen LogP contribution is 2.44. The number of amides is 1. The Balaban J connectivity index is 1.63. The number of carbonyl (C=O) groups is 1. The van der Waals surface area contributed by atoms with Crippen LogP contribution in [0.5, 0.6) is 0 Å². The zero-order valence-electron chi connectivity index (χ0n) is 10.3. The van der Waals surface area contributed by atoms with Crippen LogP contribution in [0.4, 0.5) is 0 Å². The van der Waals surface area contributed by atoms with Crippen molar-refractivity contribution in [1.29, 1.82) is 0 Å². The van der Waals surface area contributed by atoms with Gasteiger partial charge < -0.3 is 10.0 Å². The fraction of sp³-hybridized carbons (Fsp3) is 0.583. The van der Waals surface area contributed by atoms with Crippen LogP contribution in [0.2, 0.25) is 0 Å². The maximum absolute atomic E-state index is 11.9. The highest BCUT2D eigenvalue weighted by molar-refractivity contribution is 5.77. The number of carbonyl (C=O) groups excluding carboxylic acids is 1. The zero-order chi connectivity index (χ0) is 13.6. The maximum Gasteiger partial charge on any atom is 0.328 e. The molecule has 1 saturated heterocycles. The van der Waals surface area contributed by atoms with Crippen molar-refractivity contribution < 1.29 is 9.90 Å². The number of nitrogens with zero attached hydrogens (tertiary/aromatic N) is 2. The summed E-state index contributed by atoms with van der Waals surface area (Å²) in [5, 5.41) is 10.1. The Labute approximate surface area is 108 Å². The van der Waals surface area contributed by atoms with E-state index in [0.29, 0.717) is 19.0 Å². The van der Waals surface area contributed by atoms with E-state index in [4.69, 9.17) is 0 Å². The van der Waals surface area contributed by atoms with Crippen molar-refractivity contribution in [2.75, 3.05) is 13.1 Å². The number of rotatable bonds is 3. The third-order valence-electron chi connectivity index (χ3n) is 3.82. The van der Waals surface area contributed by atoms with Gasteiger partial charge in [-0.05, 0) is 18.8 Å². The lowest BCUT2D eigenvalue weighted by Gasteiger charge is -2.47. The first-order valence-electron chi connectivity index (χ1n) is 6.28. The summed E-state index contributed by atoms with van der Waals surface area (Å²) in [6.45, 7) is 0.569. The number of likely N-dealkylation sites (tertiary alicyclic amines) is 1. The highest BCUT2D eigenvalue weighted by atomic mass is 16.3. The predicted molar refractivity (Wildman–Crippen MR) is 65.6 cm³/mol. The molecule has 1 amide bonds. The average Bonchev–Trinajstić information content (AvgIpc) is 3.12. The van der Waals surface area contributed by atoms with Crippen molar-refractivity contribution in [3.8, 4) is 0 Å². The third-order valence-corrected chi connectivity index (χ3v) is 3.82. The van der Waals surface area contributed by atoms with E-state index in [-0.39, 0.29) is 12.5 Å². The quantitative estimate of drug-likeness (QED) is 0.696. The molecule has 0 radical (unpaired) electrons. The predicted octanol–water partition coefficient (Wildman–Crippen LogP) is -1.48. The Morgan fingerprint density at radius 3 is 2.68 bits per heavy atom. The average molecular weight is 265 g/mol. The summed E-state index contributed by atoms with van der Waals surface area (Å²) in [5.74, 6) is 0.104. The maximum atomic E-state index is 11.9. The Hall–Kier alpha value is -1.89. The second-order valence-electron chi connectivity index (χ2n) is 5.37. The molecule has 0 atom stereocenters. The lowest BCUT2D eigenvalue weighted by molar-refractivity contribution is -0.159. The summed E-state index contributed by atoms with van der Waals surface area (Å²) in [6.07, 6.45) is 3.35. The number of nitrogens with one attached hydrogen (secondary N) is 1. The summed E-state index contributed by atoms with van der Waals surface area (Å²) in [7, 11) is 0. The van der Waals surface area contributed by atoms with Gasteiger partial charge >= 0.3 is 5.69 Å². The molecule has 3 rings (SSSR count). The monoisotopic (exact) mass is 265 g/mol. The van der Waals surface area contributed by atoms with E-state index in [1.54, 1.807) is 0 Å². The normalized spacial score (nSPS) is 21.0. The second kappa shape index (κ2) is 4.06.